The Morgan fingerprint density at radius 1 is 1.35 bits per heavy atom. The summed E-state index contributed by atoms with van der Waals surface area (Å²) in [5.41, 5.74) is 1.81. The normalized spacial score (nSPS) is 12.8. The van der Waals surface area contributed by atoms with Crippen LogP contribution in [0, 0.1) is 5.82 Å². The van der Waals surface area contributed by atoms with E-state index in [-0.39, 0.29) is 12.2 Å². The lowest BCUT2D eigenvalue weighted by Crippen LogP contribution is -2.03. The molecular weight excluding hydrogens is 325 g/mol. The van der Waals surface area contributed by atoms with Crippen molar-refractivity contribution in [3.63, 3.8) is 0 Å². The van der Waals surface area contributed by atoms with Crippen molar-refractivity contribution in [2.75, 3.05) is 0 Å². The van der Waals surface area contributed by atoms with Crippen LogP contribution in [0.1, 0.15) is 17.2 Å². The van der Waals surface area contributed by atoms with Crippen LogP contribution >= 0.6 is 15.9 Å². The second-order valence-electron chi connectivity index (χ2n) is 4.46. The minimum atomic E-state index is -0.833. The lowest BCUT2D eigenvalue weighted by atomic mass is 10.0. The second kappa shape index (κ2) is 5.30. The molecule has 1 unspecified atom stereocenters. The Morgan fingerprint density at radius 2 is 2.20 bits per heavy atom. The summed E-state index contributed by atoms with van der Waals surface area (Å²) < 4.78 is 16.1. The van der Waals surface area contributed by atoms with E-state index in [0.29, 0.717) is 11.1 Å². The fourth-order valence-electron chi connectivity index (χ4n) is 2.13. The molecule has 0 spiro atoms. The molecule has 0 fully saturated rings. The largest absolute Gasteiger partial charge is 0.388 e. The summed E-state index contributed by atoms with van der Waals surface area (Å²) in [6.07, 6.45) is 5.87. The third kappa shape index (κ3) is 2.44. The van der Waals surface area contributed by atoms with Gasteiger partial charge in [0.15, 0.2) is 0 Å². The van der Waals surface area contributed by atoms with Crippen molar-refractivity contribution >= 4 is 21.4 Å². The zero-order valence-electron chi connectivity index (χ0n) is 10.4. The first-order valence-electron chi connectivity index (χ1n) is 6.04. The van der Waals surface area contributed by atoms with Crippen molar-refractivity contribution in [3.05, 3.63) is 64.4 Å². The van der Waals surface area contributed by atoms with Crippen molar-refractivity contribution in [2.45, 2.75) is 12.5 Å². The molecule has 3 rings (SSSR count). The van der Waals surface area contributed by atoms with Gasteiger partial charge in [-0.2, -0.15) is 5.10 Å². The molecule has 1 N–H and O–H groups in total. The van der Waals surface area contributed by atoms with Gasteiger partial charge in [-0.15, -0.1) is 0 Å². The highest BCUT2D eigenvalue weighted by Gasteiger charge is 2.16. The molecule has 102 valence electrons. The van der Waals surface area contributed by atoms with Crippen LogP contribution in [-0.2, 0) is 6.42 Å². The number of hydrogen-bond acceptors (Lipinski definition) is 3. The Labute approximate surface area is 123 Å². The molecule has 3 aromatic rings. The molecule has 0 bridgehead atoms. The van der Waals surface area contributed by atoms with Crippen LogP contribution in [0.25, 0.3) is 5.52 Å². The van der Waals surface area contributed by atoms with Gasteiger partial charge in [0.2, 0.25) is 0 Å². The van der Waals surface area contributed by atoms with E-state index in [1.807, 2.05) is 0 Å². The molecule has 1 aromatic carbocycles. The molecule has 0 saturated heterocycles. The summed E-state index contributed by atoms with van der Waals surface area (Å²) in [6.45, 7) is 0. The standard InChI is InChI=1S/C14H11BrFN3O/c15-10-1-2-12(16)9(5-10)6-14(20)11-7-18-19-4-3-17-8-13(11)19/h1-5,7-8,14,20H,6H2. The third-order valence-corrected chi connectivity index (χ3v) is 3.63. The van der Waals surface area contributed by atoms with E-state index in [0.717, 1.165) is 9.99 Å². The number of nitrogens with zero attached hydrogens (tertiary/aromatic N) is 3. The van der Waals surface area contributed by atoms with Crippen molar-refractivity contribution in [3.8, 4) is 0 Å². The Bertz CT molecular complexity index is 759. The number of benzene rings is 1. The fourth-order valence-corrected chi connectivity index (χ4v) is 2.54. The minimum Gasteiger partial charge on any atom is -0.388 e. The number of aliphatic hydroxyl groups is 1. The van der Waals surface area contributed by atoms with E-state index in [9.17, 15) is 9.50 Å². The van der Waals surface area contributed by atoms with Gasteiger partial charge in [0.1, 0.15) is 5.82 Å². The summed E-state index contributed by atoms with van der Waals surface area (Å²) in [4.78, 5) is 4.01. The molecule has 1 atom stereocenters. The highest BCUT2D eigenvalue weighted by atomic mass is 79.9. The topological polar surface area (TPSA) is 50.4 Å². The maximum absolute atomic E-state index is 13.7. The van der Waals surface area contributed by atoms with Crippen molar-refractivity contribution < 1.29 is 9.50 Å². The van der Waals surface area contributed by atoms with Crippen LogP contribution in [0.15, 0.2) is 47.5 Å². The van der Waals surface area contributed by atoms with Crippen LogP contribution in [-0.4, -0.2) is 19.7 Å². The Morgan fingerprint density at radius 3 is 3.05 bits per heavy atom. The molecule has 0 aliphatic rings. The summed E-state index contributed by atoms with van der Waals surface area (Å²) in [5.74, 6) is -0.332. The van der Waals surface area contributed by atoms with E-state index in [1.165, 1.54) is 6.07 Å². The predicted molar refractivity (Wildman–Crippen MR) is 75.8 cm³/mol. The average Bonchev–Trinajstić information content (AvgIpc) is 2.87. The molecule has 0 aliphatic carbocycles. The van der Waals surface area contributed by atoms with Gasteiger partial charge in [-0.25, -0.2) is 8.91 Å². The molecule has 0 radical (unpaired) electrons. The van der Waals surface area contributed by atoms with E-state index < -0.39 is 6.10 Å². The van der Waals surface area contributed by atoms with E-state index in [4.69, 9.17) is 0 Å². The Hall–Kier alpha value is -1.79. The third-order valence-electron chi connectivity index (χ3n) is 3.13. The van der Waals surface area contributed by atoms with E-state index in [2.05, 4.69) is 26.0 Å². The van der Waals surface area contributed by atoms with Crippen LogP contribution in [0.2, 0.25) is 0 Å². The Kier molecular flexibility index (Phi) is 3.50. The van der Waals surface area contributed by atoms with Gasteiger partial charge < -0.3 is 5.11 Å². The lowest BCUT2D eigenvalue weighted by Gasteiger charge is -2.10. The number of fused-ring (bicyclic) bond motifs is 1. The predicted octanol–water partition coefficient (Wildman–Crippen LogP) is 2.91. The van der Waals surface area contributed by atoms with Gasteiger partial charge >= 0.3 is 0 Å². The maximum atomic E-state index is 13.7. The number of rotatable bonds is 3. The van der Waals surface area contributed by atoms with Crippen LogP contribution < -0.4 is 0 Å². The quantitative estimate of drug-likeness (QED) is 0.800. The number of halogens is 2. The molecule has 0 saturated carbocycles. The molecule has 4 nitrogen and oxygen atoms in total. The van der Waals surface area contributed by atoms with Crippen molar-refractivity contribution in [1.82, 2.24) is 14.6 Å². The van der Waals surface area contributed by atoms with Crippen molar-refractivity contribution in [2.24, 2.45) is 0 Å². The van der Waals surface area contributed by atoms with Gasteiger partial charge in [0.05, 0.1) is 24.0 Å². The van der Waals surface area contributed by atoms with Gasteiger partial charge in [-0.05, 0) is 23.8 Å². The number of aliphatic hydroxyl groups excluding tert-OH is 1. The Balaban J connectivity index is 1.93. The summed E-state index contributed by atoms with van der Waals surface area (Å²) >= 11 is 3.30. The zero-order chi connectivity index (χ0) is 14.1. The molecule has 0 aliphatic heterocycles. The number of aromatic nitrogens is 3. The highest BCUT2D eigenvalue weighted by molar-refractivity contribution is 9.10. The van der Waals surface area contributed by atoms with Crippen LogP contribution in [0.5, 0.6) is 0 Å². The van der Waals surface area contributed by atoms with Crippen LogP contribution in [0.3, 0.4) is 0 Å². The minimum absolute atomic E-state index is 0.182. The molecule has 20 heavy (non-hydrogen) atoms. The molecule has 2 heterocycles. The molecule has 6 heteroatoms. The molecular formula is C14H11BrFN3O. The molecule has 2 aromatic heterocycles. The highest BCUT2D eigenvalue weighted by Crippen LogP contribution is 2.25. The van der Waals surface area contributed by atoms with Gasteiger partial charge in [-0.3, -0.25) is 4.98 Å². The summed E-state index contributed by atoms with van der Waals surface area (Å²) in [5, 5.41) is 14.4. The monoisotopic (exact) mass is 335 g/mol. The first kappa shape index (κ1) is 13.2. The summed E-state index contributed by atoms with van der Waals surface area (Å²) in [7, 11) is 0. The lowest BCUT2D eigenvalue weighted by molar-refractivity contribution is 0.178. The van der Waals surface area contributed by atoms with E-state index in [1.54, 1.807) is 41.4 Å². The van der Waals surface area contributed by atoms with Gasteiger partial charge in [0.25, 0.3) is 0 Å². The maximum Gasteiger partial charge on any atom is 0.126 e. The second-order valence-corrected chi connectivity index (χ2v) is 5.38. The zero-order valence-corrected chi connectivity index (χ0v) is 12.0. The average molecular weight is 336 g/mol. The van der Waals surface area contributed by atoms with Crippen molar-refractivity contribution in [1.29, 1.82) is 0 Å². The smallest absolute Gasteiger partial charge is 0.126 e. The van der Waals surface area contributed by atoms with E-state index >= 15 is 0 Å². The fraction of sp³-hybridized carbons (Fsp3) is 0.143. The van der Waals surface area contributed by atoms with Gasteiger partial charge in [0, 0.05) is 28.9 Å². The summed E-state index contributed by atoms with van der Waals surface area (Å²) in [6, 6.07) is 4.68. The molecule has 0 amide bonds. The number of hydrogen-bond donors (Lipinski definition) is 1. The first-order valence-corrected chi connectivity index (χ1v) is 6.83. The SMILES string of the molecule is OC(Cc1cc(Br)ccc1F)c1cnn2ccncc12. The van der Waals surface area contributed by atoms with Crippen LogP contribution in [0.4, 0.5) is 4.39 Å². The first-order chi connectivity index (χ1) is 9.65. The van der Waals surface area contributed by atoms with Gasteiger partial charge in [-0.1, -0.05) is 15.9 Å².